The largest absolute Gasteiger partial charge is 0.432 e. The highest BCUT2D eigenvalue weighted by Crippen LogP contribution is 2.27. The molecular formula is C13H18ClF3N2O3S. The Morgan fingerprint density at radius 2 is 2.04 bits per heavy atom. The third-order valence-electron chi connectivity index (χ3n) is 3.70. The molecular weight excluding hydrogens is 357 g/mol. The number of hydrogen-bond donors (Lipinski definition) is 2. The van der Waals surface area contributed by atoms with Crippen LogP contribution in [0.2, 0.25) is 0 Å². The highest BCUT2D eigenvalue weighted by molar-refractivity contribution is 7.89. The Hall–Kier alpha value is -1.03. The molecule has 0 aliphatic heterocycles. The van der Waals surface area contributed by atoms with Gasteiger partial charge in [0.05, 0.1) is 4.90 Å². The lowest BCUT2D eigenvalue weighted by atomic mass is 10.1. The van der Waals surface area contributed by atoms with Crippen LogP contribution in [0.4, 0.5) is 13.2 Å². The van der Waals surface area contributed by atoms with Crippen LogP contribution in [0.25, 0.3) is 0 Å². The van der Waals surface area contributed by atoms with Crippen molar-refractivity contribution in [3.63, 3.8) is 0 Å². The number of ether oxygens (including phenoxy) is 1. The molecule has 1 fully saturated rings. The zero-order valence-corrected chi connectivity index (χ0v) is 13.7. The fraction of sp³-hybridized carbons (Fsp3) is 0.538. The van der Waals surface area contributed by atoms with Gasteiger partial charge in [-0.2, -0.15) is 8.78 Å². The maximum atomic E-state index is 13.6. The van der Waals surface area contributed by atoms with Crippen molar-refractivity contribution in [2.45, 2.75) is 36.8 Å². The number of halogens is 4. The number of alkyl halides is 2. The van der Waals surface area contributed by atoms with Gasteiger partial charge >= 0.3 is 6.61 Å². The minimum absolute atomic E-state index is 0. The van der Waals surface area contributed by atoms with E-state index in [0.29, 0.717) is 19.0 Å². The van der Waals surface area contributed by atoms with Gasteiger partial charge in [-0.05, 0) is 43.5 Å². The molecule has 2 atom stereocenters. The van der Waals surface area contributed by atoms with Gasteiger partial charge in [-0.3, -0.25) is 0 Å². The van der Waals surface area contributed by atoms with Gasteiger partial charge in [0.1, 0.15) is 0 Å². The first kappa shape index (κ1) is 20.0. The molecule has 0 heterocycles. The van der Waals surface area contributed by atoms with Gasteiger partial charge in [0.15, 0.2) is 11.6 Å². The second kappa shape index (κ2) is 8.18. The zero-order valence-electron chi connectivity index (χ0n) is 12.0. The summed E-state index contributed by atoms with van der Waals surface area (Å²) in [7, 11) is -3.94. The predicted molar refractivity (Wildman–Crippen MR) is 80.8 cm³/mol. The predicted octanol–water partition coefficient (Wildman–Crippen LogP) is 2.25. The average Bonchev–Trinajstić information content (AvgIpc) is 2.87. The van der Waals surface area contributed by atoms with E-state index in [1.807, 2.05) is 0 Å². The van der Waals surface area contributed by atoms with Gasteiger partial charge in [-0.25, -0.2) is 17.5 Å². The monoisotopic (exact) mass is 374 g/mol. The number of nitrogens with two attached hydrogens (primary N) is 1. The van der Waals surface area contributed by atoms with Crippen molar-refractivity contribution in [3.8, 4) is 5.75 Å². The van der Waals surface area contributed by atoms with E-state index in [2.05, 4.69) is 9.46 Å². The van der Waals surface area contributed by atoms with Gasteiger partial charge in [0.2, 0.25) is 10.0 Å². The number of sulfonamides is 1. The van der Waals surface area contributed by atoms with Gasteiger partial charge in [-0.1, -0.05) is 6.42 Å². The van der Waals surface area contributed by atoms with Crippen LogP contribution in [0, 0.1) is 11.7 Å². The molecule has 5 nitrogen and oxygen atoms in total. The number of hydrogen-bond acceptors (Lipinski definition) is 4. The van der Waals surface area contributed by atoms with E-state index >= 15 is 0 Å². The Morgan fingerprint density at radius 3 is 2.61 bits per heavy atom. The van der Waals surface area contributed by atoms with E-state index in [1.54, 1.807) is 0 Å². The summed E-state index contributed by atoms with van der Waals surface area (Å²) in [4.78, 5) is -0.339. The van der Waals surface area contributed by atoms with Crippen molar-refractivity contribution in [1.82, 2.24) is 4.72 Å². The highest BCUT2D eigenvalue weighted by Gasteiger charge is 2.30. The summed E-state index contributed by atoms with van der Waals surface area (Å²) in [5, 5.41) is 0. The van der Waals surface area contributed by atoms with Crippen molar-refractivity contribution in [1.29, 1.82) is 0 Å². The van der Waals surface area contributed by atoms with Crippen LogP contribution in [0.5, 0.6) is 5.75 Å². The first-order valence-electron chi connectivity index (χ1n) is 6.80. The summed E-state index contributed by atoms with van der Waals surface area (Å²) in [6.45, 7) is -2.82. The van der Waals surface area contributed by atoms with Crippen LogP contribution in [0.1, 0.15) is 19.3 Å². The lowest BCUT2D eigenvalue weighted by Gasteiger charge is -2.19. The number of rotatable bonds is 6. The van der Waals surface area contributed by atoms with Gasteiger partial charge in [0, 0.05) is 6.04 Å². The summed E-state index contributed by atoms with van der Waals surface area (Å²) in [5.74, 6) is -1.82. The summed E-state index contributed by atoms with van der Waals surface area (Å²) in [6, 6.07) is 2.25. The summed E-state index contributed by atoms with van der Waals surface area (Å²) >= 11 is 0. The molecule has 23 heavy (non-hydrogen) atoms. The van der Waals surface area contributed by atoms with Crippen LogP contribution in [-0.4, -0.2) is 27.6 Å². The maximum Gasteiger partial charge on any atom is 0.387 e. The Balaban J connectivity index is 0.00000264. The Bertz CT molecular complexity index is 631. The molecule has 1 aliphatic rings. The van der Waals surface area contributed by atoms with Crippen molar-refractivity contribution in [2.75, 3.05) is 6.54 Å². The molecule has 10 heteroatoms. The fourth-order valence-electron chi connectivity index (χ4n) is 2.58. The van der Waals surface area contributed by atoms with Gasteiger partial charge in [-0.15, -0.1) is 12.4 Å². The van der Waals surface area contributed by atoms with Crippen molar-refractivity contribution < 1.29 is 26.3 Å². The van der Waals surface area contributed by atoms with E-state index in [1.165, 1.54) is 0 Å². The Morgan fingerprint density at radius 1 is 1.35 bits per heavy atom. The van der Waals surface area contributed by atoms with E-state index in [-0.39, 0.29) is 29.3 Å². The highest BCUT2D eigenvalue weighted by atomic mass is 35.5. The van der Waals surface area contributed by atoms with E-state index in [0.717, 1.165) is 25.0 Å². The van der Waals surface area contributed by atoms with Crippen LogP contribution in [-0.2, 0) is 10.0 Å². The lowest BCUT2D eigenvalue weighted by molar-refractivity contribution is -0.0522. The minimum atomic E-state index is -3.94. The van der Waals surface area contributed by atoms with Gasteiger partial charge in [0.25, 0.3) is 0 Å². The standard InChI is InChI=1S/C13H17F3N2O3S.ClH/c14-10-6-9(4-5-12(10)21-13(15)16)22(19,20)18-11-3-1-2-8(11)7-17;/h4-6,8,11,13,18H,1-3,7,17H2;1H. The molecule has 0 aromatic heterocycles. The Kier molecular flexibility index (Phi) is 7.12. The molecule has 0 amide bonds. The van der Waals surface area contributed by atoms with Crippen LogP contribution in [0.3, 0.4) is 0 Å². The molecule has 0 spiro atoms. The smallest absolute Gasteiger partial charge is 0.387 e. The molecule has 2 rings (SSSR count). The van der Waals surface area contributed by atoms with Crippen molar-refractivity contribution >= 4 is 22.4 Å². The molecule has 1 aliphatic carbocycles. The molecule has 1 aromatic rings. The SMILES string of the molecule is Cl.NCC1CCCC1NS(=O)(=O)c1ccc(OC(F)F)c(F)c1. The third-order valence-corrected chi connectivity index (χ3v) is 5.19. The average molecular weight is 375 g/mol. The first-order chi connectivity index (χ1) is 10.3. The Labute approximate surface area is 138 Å². The number of benzene rings is 1. The molecule has 0 bridgehead atoms. The minimum Gasteiger partial charge on any atom is -0.432 e. The first-order valence-corrected chi connectivity index (χ1v) is 8.28. The lowest BCUT2D eigenvalue weighted by Crippen LogP contribution is -2.39. The zero-order chi connectivity index (χ0) is 16.3. The van der Waals surface area contributed by atoms with Crippen molar-refractivity contribution in [3.05, 3.63) is 24.0 Å². The molecule has 0 saturated heterocycles. The maximum absolute atomic E-state index is 13.6. The van der Waals surface area contributed by atoms with Crippen LogP contribution < -0.4 is 15.2 Å². The number of nitrogens with one attached hydrogen (secondary N) is 1. The van der Waals surface area contributed by atoms with E-state index < -0.39 is 28.2 Å². The molecule has 1 aromatic carbocycles. The van der Waals surface area contributed by atoms with Gasteiger partial charge < -0.3 is 10.5 Å². The third kappa shape index (κ3) is 4.97. The summed E-state index contributed by atoms with van der Waals surface area (Å²) in [5.41, 5.74) is 5.59. The van der Waals surface area contributed by atoms with Crippen LogP contribution >= 0.6 is 12.4 Å². The topological polar surface area (TPSA) is 81.4 Å². The second-order valence-electron chi connectivity index (χ2n) is 5.13. The molecule has 2 unspecified atom stereocenters. The van der Waals surface area contributed by atoms with Crippen LogP contribution in [0.15, 0.2) is 23.1 Å². The quantitative estimate of drug-likeness (QED) is 0.800. The molecule has 0 radical (unpaired) electrons. The molecule has 132 valence electrons. The van der Waals surface area contributed by atoms with E-state index in [4.69, 9.17) is 5.73 Å². The molecule has 3 N–H and O–H groups in total. The summed E-state index contributed by atoms with van der Waals surface area (Å²) < 4.78 is 68.6. The summed E-state index contributed by atoms with van der Waals surface area (Å²) in [6.07, 6.45) is 2.36. The fourth-order valence-corrected chi connectivity index (χ4v) is 3.93. The normalized spacial score (nSPS) is 21.3. The second-order valence-corrected chi connectivity index (χ2v) is 6.84. The van der Waals surface area contributed by atoms with Crippen molar-refractivity contribution in [2.24, 2.45) is 11.7 Å². The molecule has 1 saturated carbocycles. The van der Waals surface area contributed by atoms with E-state index in [9.17, 15) is 21.6 Å².